The Morgan fingerprint density at radius 1 is 1.56 bits per heavy atom. The lowest BCUT2D eigenvalue weighted by atomic mass is 10.1. The van der Waals surface area contributed by atoms with Crippen LogP contribution in [0.5, 0.6) is 0 Å². The van der Waals surface area contributed by atoms with Crippen LogP contribution >= 0.6 is 0 Å². The van der Waals surface area contributed by atoms with Crippen molar-refractivity contribution >= 4 is 5.97 Å². The van der Waals surface area contributed by atoms with Gasteiger partial charge in [-0.2, -0.15) is 13.2 Å². The SMILES string of the molecule is Cc1nccc(CNCC(C(=O)O)C(F)(F)F)n1. The summed E-state index contributed by atoms with van der Waals surface area (Å²) in [6, 6.07) is 1.55. The molecule has 18 heavy (non-hydrogen) atoms. The van der Waals surface area contributed by atoms with Crippen molar-refractivity contribution in [1.29, 1.82) is 0 Å². The minimum absolute atomic E-state index is 0.0587. The Bertz CT molecular complexity index is 423. The highest BCUT2D eigenvalue weighted by molar-refractivity contribution is 5.71. The summed E-state index contributed by atoms with van der Waals surface area (Å²) in [7, 11) is 0. The van der Waals surface area contributed by atoms with E-state index >= 15 is 0 Å². The van der Waals surface area contributed by atoms with Crippen LogP contribution < -0.4 is 5.32 Å². The molecule has 0 radical (unpaired) electrons. The van der Waals surface area contributed by atoms with Gasteiger partial charge < -0.3 is 10.4 Å². The van der Waals surface area contributed by atoms with E-state index in [9.17, 15) is 18.0 Å². The van der Waals surface area contributed by atoms with E-state index in [0.29, 0.717) is 11.5 Å². The van der Waals surface area contributed by atoms with Gasteiger partial charge in [-0.1, -0.05) is 0 Å². The number of carbonyl (C=O) groups is 1. The molecule has 1 heterocycles. The number of nitrogens with one attached hydrogen (secondary N) is 1. The fourth-order valence-electron chi connectivity index (χ4n) is 1.29. The van der Waals surface area contributed by atoms with Crippen molar-refractivity contribution in [3.63, 3.8) is 0 Å². The maximum Gasteiger partial charge on any atom is 0.403 e. The quantitative estimate of drug-likeness (QED) is 0.833. The molecule has 0 saturated carbocycles. The van der Waals surface area contributed by atoms with Crippen molar-refractivity contribution in [3.8, 4) is 0 Å². The standard InChI is InChI=1S/C10H12F3N3O2/c1-6-15-3-2-7(16-6)4-14-5-8(9(17)18)10(11,12)13/h2-3,8,14H,4-5H2,1H3,(H,17,18). The lowest BCUT2D eigenvalue weighted by Crippen LogP contribution is -2.39. The number of carboxylic acids is 1. The number of hydrogen-bond donors (Lipinski definition) is 2. The number of nitrogens with zero attached hydrogens (tertiary/aromatic N) is 2. The second kappa shape index (κ2) is 5.76. The molecular formula is C10H12F3N3O2. The summed E-state index contributed by atoms with van der Waals surface area (Å²) in [5, 5.41) is 10.9. The third-order valence-electron chi connectivity index (χ3n) is 2.18. The molecule has 0 aliphatic heterocycles. The minimum atomic E-state index is -4.76. The second-order valence-corrected chi connectivity index (χ2v) is 3.66. The largest absolute Gasteiger partial charge is 0.481 e. The lowest BCUT2D eigenvalue weighted by Gasteiger charge is -2.16. The normalized spacial score (nSPS) is 13.3. The fraction of sp³-hybridized carbons (Fsp3) is 0.500. The first-order valence-electron chi connectivity index (χ1n) is 5.09. The van der Waals surface area contributed by atoms with Crippen LogP contribution in [-0.4, -0.2) is 33.8 Å². The van der Waals surface area contributed by atoms with Gasteiger partial charge in [-0.15, -0.1) is 0 Å². The van der Waals surface area contributed by atoms with E-state index in [-0.39, 0.29) is 6.54 Å². The van der Waals surface area contributed by atoms with Gasteiger partial charge in [0.25, 0.3) is 0 Å². The molecule has 100 valence electrons. The van der Waals surface area contributed by atoms with Gasteiger partial charge in [0.05, 0.1) is 5.69 Å². The predicted molar refractivity (Wildman–Crippen MR) is 55.7 cm³/mol. The van der Waals surface area contributed by atoms with E-state index in [1.807, 2.05) is 0 Å². The molecule has 0 spiro atoms. The van der Waals surface area contributed by atoms with Crippen LogP contribution in [0.1, 0.15) is 11.5 Å². The Hall–Kier alpha value is -1.70. The van der Waals surface area contributed by atoms with E-state index in [4.69, 9.17) is 5.11 Å². The number of aromatic nitrogens is 2. The second-order valence-electron chi connectivity index (χ2n) is 3.66. The molecule has 1 atom stereocenters. The first-order valence-corrected chi connectivity index (χ1v) is 5.09. The zero-order chi connectivity index (χ0) is 13.8. The number of aryl methyl sites for hydroxylation is 1. The highest BCUT2D eigenvalue weighted by Gasteiger charge is 2.44. The first-order chi connectivity index (χ1) is 8.30. The van der Waals surface area contributed by atoms with E-state index in [1.54, 1.807) is 13.0 Å². The molecule has 0 amide bonds. The maximum absolute atomic E-state index is 12.3. The summed E-state index contributed by atoms with van der Waals surface area (Å²) in [6.07, 6.45) is -3.28. The van der Waals surface area contributed by atoms with Crippen molar-refractivity contribution < 1.29 is 23.1 Å². The van der Waals surface area contributed by atoms with E-state index in [1.165, 1.54) is 6.20 Å². The van der Waals surface area contributed by atoms with Gasteiger partial charge in [0.1, 0.15) is 5.82 Å². The molecule has 1 aromatic rings. The van der Waals surface area contributed by atoms with E-state index in [0.717, 1.165) is 0 Å². The molecule has 0 saturated heterocycles. The van der Waals surface area contributed by atoms with E-state index < -0.39 is 24.6 Å². The van der Waals surface area contributed by atoms with E-state index in [2.05, 4.69) is 15.3 Å². The third kappa shape index (κ3) is 4.28. The summed E-state index contributed by atoms with van der Waals surface area (Å²) < 4.78 is 36.9. The van der Waals surface area contributed by atoms with Crippen molar-refractivity contribution in [1.82, 2.24) is 15.3 Å². The Labute approximate surface area is 101 Å². The highest BCUT2D eigenvalue weighted by Crippen LogP contribution is 2.25. The van der Waals surface area contributed by atoms with Crippen molar-refractivity contribution in [2.75, 3.05) is 6.54 Å². The molecule has 1 unspecified atom stereocenters. The number of halogens is 3. The molecule has 0 aromatic carbocycles. The molecule has 8 heteroatoms. The van der Waals surface area contributed by atoms with Gasteiger partial charge in [-0.3, -0.25) is 4.79 Å². The monoisotopic (exact) mass is 263 g/mol. The fourth-order valence-corrected chi connectivity index (χ4v) is 1.29. The molecule has 0 fully saturated rings. The average molecular weight is 263 g/mol. The van der Waals surface area contributed by atoms with Gasteiger partial charge in [0.2, 0.25) is 0 Å². The number of carboxylic acid groups (broad SMARTS) is 1. The Balaban J connectivity index is 2.52. The van der Waals surface area contributed by atoms with Crippen molar-refractivity contribution in [3.05, 3.63) is 23.8 Å². The van der Waals surface area contributed by atoms with Crippen molar-refractivity contribution in [2.24, 2.45) is 5.92 Å². The van der Waals surface area contributed by atoms with Gasteiger partial charge in [0, 0.05) is 19.3 Å². The van der Waals surface area contributed by atoms with Crippen LogP contribution in [0.15, 0.2) is 12.3 Å². The minimum Gasteiger partial charge on any atom is -0.481 e. The smallest absolute Gasteiger partial charge is 0.403 e. The van der Waals surface area contributed by atoms with Crippen LogP contribution in [0, 0.1) is 12.8 Å². The number of aliphatic carboxylic acids is 1. The van der Waals surface area contributed by atoms with Crippen LogP contribution in [-0.2, 0) is 11.3 Å². The van der Waals surface area contributed by atoms with Crippen LogP contribution in [0.2, 0.25) is 0 Å². The Morgan fingerprint density at radius 3 is 2.72 bits per heavy atom. The van der Waals surface area contributed by atoms with Crippen LogP contribution in [0.4, 0.5) is 13.2 Å². The molecule has 1 rings (SSSR count). The Kier molecular flexibility index (Phi) is 4.60. The molecule has 0 aliphatic rings. The molecule has 1 aromatic heterocycles. The number of rotatable bonds is 5. The Morgan fingerprint density at radius 2 is 2.22 bits per heavy atom. The summed E-state index contributed by atoms with van der Waals surface area (Å²) in [6.45, 7) is 1.02. The summed E-state index contributed by atoms with van der Waals surface area (Å²) >= 11 is 0. The topological polar surface area (TPSA) is 75.1 Å². The third-order valence-corrected chi connectivity index (χ3v) is 2.18. The zero-order valence-corrected chi connectivity index (χ0v) is 9.53. The first kappa shape index (κ1) is 14.4. The number of hydrogen-bond acceptors (Lipinski definition) is 4. The van der Waals surface area contributed by atoms with Gasteiger partial charge >= 0.3 is 12.1 Å². The molecular weight excluding hydrogens is 251 g/mol. The number of alkyl halides is 3. The molecule has 0 aliphatic carbocycles. The van der Waals surface area contributed by atoms with Crippen LogP contribution in [0.25, 0.3) is 0 Å². The summed E-state index contributed by atoms with van der Waals surface area (Å²) in [5.74, 6) is -3.81. The van der Waals surface area contributed by atoms with Gasteiger partial charge in [0.15, 0.2) is 5.92 Å². The highest BCUT2D eigenvalue weighted by atomic mass is 19.4. The lowest BCUT2D eigenvalue weighted by molar-refractivity contribution is -0.192. The zero-order valence-electron chi connectivity index (χ0n) is 9.53. The van der Waals surface area contributed by atoms with Crippen LogP contribution in [0.3, 0.4) is 0 Å². The predicted octanol–water partition coefficient (Wildman–Crippen LogP) is 1.14. The maximum atomic E-state index is 12.3. The summed E-state index contributed by atoms with van der Waals surface area (Å²) in [5.41, 5.74) is 0.508. The molecule has 2 N–H and O–H groups in total. The average Bonchev–Trinajstić information content (AvgIpc) is 2.22. The molecule has 5 nitrogen and oxygen atoms in total. The summed E-state index contributed by atoms with van der Waals surface area (Å²) in [4.78, 5) is 18.3. The van der Waals surface area contributed by atoms with Gasteiger partial charge in [-0.05, 0) is 13.0 Å². The molecule has 0 bridgehead atoms. The van der Waals surface area contributed by atoms with Crippen molar-refractivity contribution in [2.45, 2.75) is 19.6 Å². The van der Waals surface area contributed by atoms with Gasteiger partial charge in [-0.25, -0.2) is 9.97 Å².